The van der Waals surface area contributed by atoms with Crippen molar-refractivity contribution in [1.29, 1.82) is 0 Å². The molecule has 1 aromatic carbocycles. The molecule has 0 aliphatic carbocycles. The van der Waals surface area contributed by atoms with E-state index in [0.29, 0.717) is 24.5 Å². The molecule has 1 rings (SSSR count). The highest BCUT2D eigenvalue weighted by molar-refractivity contribution is 5.74. The maximum atomic E-state index is 11.3. The van der Waals surface area contributed by atoms with Gasteiger partial charge in [-0.05, 0) is 43.5 Å². The van der Waals surface area contributed by atoms with E-state index < -0.39 is 11.4 Å². The molecular formula is C15H22O5. The number of carboxylic acids is 1. The topological polar surface area (TPSA) is 65.0 Å². The van der Waals surface area contributed by atoms with Crippen molar-refractivity contribution in [2.75, 3.05) is 21.3 Å². The van der Waals surface area contributed by atoms with Gasteiger partial charge in [-0.3, -0.25) is 4.79 Å². The molecule has 0 aliphatic heterocycles. The molecule has 0 saturated carbocycles. The molecule has 0 aliphatic rings. The summed E-state index contributed by atoms with van der Waals surface area (Å²) in [6, 6.07) is 3.73. The molecule has 0 atom stereocenters. The molecule has 0 amide bonds. The number of aliphatic carboxylic acids is 1. The molecule has 0 spiro atoms. The Morgan fingerprint density at radius 2 is 1.85 bits per heavy atom. The average molecular weight is 282 g/mol. The van der Waals surface area contributed by atoms with Crippen LogP contribution in [-0.2, 0) is 22.6 Å². The van der Waals surface area contributed by atoms with E-state index in [2.05, 4.69) is 0 Å². The van der Waals surface area contributed by atoms with Crippen LogP contribution in [0.25, 0.3) is 0 Å². The summed E-state index contributed by atoms with van der Waals surface area (Å²) in [5, 5.41) is 9.27. The number of carbonyl (C=O) groups is 1. The second-order valence-corrected chi connectivity index (χ2v) is 5.29. The SMILES string of the molecule is COCc1cc(CC(C)(C)C(=O)O)c(OC)c(OC)c1. The van der Waals surface area contributed by atoms with Crippen LogP contribution in [0.4, 0.5) is 0 Å². The van der Waals surface area contributed by atoms with E-state index in [4.69, 9.17) is 14.2 Å². The number of carboxylic acid groups (broad SMARTS) is 1. The Kier molecular flexibility index (Phi) is 5.39. The zero-order valence-electron chi connectivity index (χ0n) is 12.6. The number of hydrogen-bond donors (Lipinski definition) is 1. The van der Waals surface area contributed by atoms with Crippen LogP contribution in [0.15, 0.2) is 12.1 Å². The molecule has 0 heterocycles. The zero-order chi connectivity index (χ0) is 15.3. The molecule has 0 saturated heterocycles. The number of methoxy groups -OCH3 is 3. The Balaban J connectivity index is 3.27. The predicted octanol–water partition coefficient (Wildman–Crippen LogP) is 2.50. The lowest BCUT2D eigenvalue weighted by molar-refractivity contribution is -0.146. The summed E-state index contributed by atoms with van der Waals surface area (Å²) in [5.41, 5.74) is 0.830. The number of benzene rings is 1. The highest BCUT2D eigenvalue weighted by Gasteiger charge is 2.29. The summed E-state index contributed by atoms with van der Waals surface area (Å²) in [6.07, 6.45) is 0.347. The summed E-state index contributed by atoms with van der Waals surface area (Å²) >= 11 is 0. The van der Waals surface area contributed by atoms with E-state index >= 15 is 0 Å². The molecule has 0 aromatic heterocycles. The van der Waals surface area contributed by atoms with Crippen molar-refractivity contribution >= 4 is 5.97 Å². The van der Waals surface area contributed by atoms with Crippen LogP contribution in [0.2, 0.25) is 0 Å². The van der Waals surface area contributed by atoms with Crippen molar-refractivity contribution in [2.24, 2.45) is 5.41 Å². The van der Waals surface area contributed by atoms with E-state index in [1.54, 1.807) is 35.2 Å². The van der Waals surface area contributed by atoms with Crippen molar-refractivity contribution in [3.63, 3.8) is 0 Å². The average Bonchev–Trinajstić information content (AvgIpc) is 2.37. The first kappa shape index (κ1) is 16.3. The van der Waals surface area contributed by atoms with Crippen molar-refractivity contribution in [2.45, 2.75) is 26.9 Å². The van der Waals surface area contributed by atoms with Gasteiger partial charge in [0.25, 0.3) is 0 Å². The first-order valence-corrected chi connectivity index (χ1v) is 6.31. The van der Waals surface area contributed by atoms with Gasteiger partial charge in [-0.1, -0.05) is 0 Å². The summed E-state index contributed by atoms with van der Waals surface area (Å²) in [4.78, 5) is 11.3. The summed E-state index contributed by atoms with van der Waals surface area (Å²) in [5.74, 6) is 0.301. The third kappa shape index (κ3) is 3.63. The van der Waals surface area contributed by atoms with Crippen LogP contribution in [0.1, 0.15) is 25.0 Å². The quantitative estimate of drug-likeness (QED) is 0.832. The Morgan fingerprint density at radius 1 is 1.20 bits per heavy atom. The van der Waals surface area contributed by atoms with Gasteiger partial charge in [0.2, 0.25) is 0 Å². The number of hydrogen-bond acceptors (Lipinski definition) is 4. The largest absolute Gasteiger partial charge is 0.493 e. The monoisotopic (exact) mass is 282 g/mol. The highest BCUT2D eigenvalue weighted by Crippen LogP contribution is 2.36. The first-order chi connectivity index (χ1) is 9.35. The van der Waals surface area contributed by atoms with E-state index in [9.17, 15) is 9.90 Å². The third-order valence-electron chi connectivity index (χ3n) is 3.14. The second kappa shape index (κ2) is 6.61. The van der Waals surface area contributed by atoms with Gasteiger partial charge in [0.1, 0.15) is 0 Å². The third-order valence-corrected chi connectivity index (χ3v) is 3.14. The van der Waals surface area contributed by atoms with Crippen LogP contribution < -0.4 is 9.47 Å². The van der Waals surface area contributed by atoms with E-state index in [1.165, 1.54) is 0 Å². The van der Waals surface area contributed by atoms with Crippen molar-refractivity contribution in [3.8, 4) is 11.5 Å². The Bertz CT molecular complexity index is 479. The lowest BCUT2D eigenvalue weighted by Crippen LogP contribution is -2.26. The summed E-state index contributed by atoms with van der Waals surface area (Å²) < 4.78 is 15.8. The smallest absolute Gasteiger partial charge is 0.309 e. The summed E-state index contributed by atoms with van der Waals surface area (Å²) in [7, 11) is 4.71. The normalized spacial score (nSPS) is 11.2. The van der Waals surface area contributed by atoms with E-state index in [-0.39, 0.29) is 0 Å². The molecule has 1 N–H and O–H groups in total. The Hall–Kier alpha value is -1.75. The zero-order valence-corrected chi connectivity index (χ0v) is 12.6. The predicted molar refractivity (Wildman–Crippen MR) is 75.4 cm³/mol. The molecule has 0 unspecified atom stereocenters. The van der Waals surface area contributed by atoms with Gasteiger partial charge >= 0.3 is 5.97 Å². The fourth-order valence-electron chi connectivity index (χ4n) is 2.04. The molecule has 5 heteroatoms. The van der Waals surface area contributed by atoms with Gasteiger partial charge in [-0.25, -0.2) is 0 Å². The fraction of sp³-hybridized carbons (Fsp3) is 0.533. The van der Waals surface area contributed by atoms with Crippen LogP contribution in [0.5, 0.6) is 11.5 Å². The highest BCUT2D eigenvalue weighted by atomic mass is 16.5. The molecule has 20 heavy (non-hydrogen) atoms. The van der Waals surface area contributed by atoms with Gasteiger partial charge in [0.05, 0.1) is 26.2 Å². The number of ether oxygens (including phenoxy) is 3. The number of rotatable bonds is 7. The Labute approximate surface area is 119 Å². The molecule has 112 valence electrons. The molecule has 5 nitrogen and oxygen atoms in total. The molecule has 0 bridgehead atoms. The van der Waals surface area contributed by atoms with Gasteiger partial charge in [0, 0.05) is 7.11 Å². The minimum Gasteiger partial charge on any atom is -0.493 e. The maximum absolute atomic E-state index is 11.3. The minimum atomic E-state index is -0.885. The summed E-state index contributed by atoms with van der Waals surface area (Å²) in [6.45, 7) is 3.80. The minimum absolute atomic E-state index is 0.347. The van der Waals surface area contributed by atoms with Crippen molar-refractivity contribution in [1.82, 2.24) is 0 Å². The standard InChI is InChI=1S/C15H22O5/c1-15(2,14(16)17)8-11-6-10(9-18-3)7-12(19-4)13(11)20-5/h6-7H,8-9H2,1-5H3,(H,16,17). The van der Waals surface area contributed by atoms with Crippen LogP contribution >= 0.6 is 0 Å². The van der Waals surface area contributed by atoms with Crippen LogP contribution in [0.3, 0.4) is 0 Å². The van der Waals surface area contributed by atoms with E-state index in [1.807, 2.05) is 12.1 Å². The van der Waals surface area contributed by atoms with Crippen LogP contribution in [0, 0.1) is 5.41 Å². The van der Waals surface area contributed by atoms with Gasteiger partial charge in [-0.15, -0.1) is 0 Å². The lowest BCUT2D eigenvalue weighted by atomic mass is 9.85. The van der Waals surface area contributed by atoms with E-state index in [0.717, 1.165) is 11.1 Å². The first-order valence-electron chi connectivity index (χ1n) is 6.31. The van der Waals surface area contributed by atoms with Gasteiger partial charge in [-0.2, -0.15) is 0 Å². The molecule has 0 radical (unpaired) electrons. The van der Waals surface area contributed by atoms with Crippen molar-refractivity contribution in [3.05, 3.63) is 23.3 Å². The molecule has 1 aromatic rings. The molecular weight excluding hydrogens is 260 g/mol. The lowest BCUT2D eigenvalue weighted by Gasteiger charge is -2.22. The van der Waals surface area contributed by atoms with Gasteiger partial charge < -0.3 is 19.3 Å². The van der Waals surface area contributed by atoms with Crippen LogP contribution in [-0.4, -0.2) is 32.4 Å². The fourth-order valence-corrected chi connectivity index (χ4v) is 2.04. The Morgan fingerprint density at radius 3 is 2.30 bits per heavy atom. The van der Waals surface area contributed by atoms with Gasteiger partial charge in [0.15, 0.2) is 11.5 Å². The van der Waals surface area contributed by atoms with Crippen molar-refractivity contribution < 1.29 is 24.1 Å². The maximum Gasteiger partial charge on any atom is 0.309 e. The second-order valence-electron chi connectivity index (χ2n) is 5.29. The molecule has 0 fully saturated rings.